The van der Waals surface area contributed by atoms with Crippen molar-refractivity contribution in [2.75, 3.05) is 0 Å². The van der Waals surface area contributed by atoms with Crippen molar-refractivity contribution in [1.29, 1.82) is 0 Å². The molecule has 0 saturated heterocycles. The summed E-state index contributed by atoms with van der Waals surface area (Å²) in [5.74, 6) is -4.72. The molecule has 6 nitrogen and oxygen atoms in total. The zero-order valence-electron chi connectivity index (χ0n) is 14.4. The number of carbonyl (C=O) groups excluding carboxylic acids is 1. The van der Waals surface area contributed by atoms with Gasteiger partial charge in [-0.05, 0) is 17.2 Å². The number of carbonyl (C=O) groups is 2. The van der Waals surface area contributed by atoms with E-state index in [1.165, 1.54) is 24.3 Å². The van der Waals surface area contributed by atoms with Gasteiger partial charge in [0.25, 0.3) is 12.3 Å². The molecule has 1 amide bonds. The highest BCUT2D eigenvalue weighted by atomic mass is 19.3. The van der Waals surface area contributed by atoms with Gasteiger partial charge in [0.2, 0.25) is 12.2 Å². The van der Waals surface area contributed by atoms with Gasteiger partial charge in [-0.25, -0.2) is 18.2 Å². The van der Waals surface area contributed by atoms with Gasteiger partial charge in [0.05, 0.1) is 6.04 Å². The molecule has 3 rings (SSSR count). The number of aliphatic carboxylic acids is 1. The molecular weight excluding hydrogens is 403 g/mol. The third-order valence-corrected chi connectivity index (χ3v) is 4.43. The number of pyridine rings is 1. The Bertz CT molecular complexity index is 909. The molecule has 29 heavy (non-hydrogen) atoms. The smallest absolute Gasteiger partial charge is 0.388 e. The number of rotatable bonds is 6. The summed E-state index contributed by atoms with van der Waals surface area (Å²) in [4.78, 5) is 28.4. The van der Waals surface area contributed by atoms with Crippen LogP contribution in [-0.2, 0) is 4.79 Å². The number of hydrogen-bond donors (Lipinski definition) is 1. The van der Waals surface area contributed by atoms with Crippen molar-refractivity contribution in [3.8, 4) is 5.88 Å². The molecule has 2 aromatic rings. The number of alkyl halides is 5. The molecule has 2 heterocycles. The molecule has 0 aliphatic carbocycles. The van der Waals surface area contributed by atoms with Crippen LogP contribution >= 0.6 is 0 Å². The van der Waals surface area contributed by atoms with Crippen molar-refractivity contribution in [3.63, 3.8) is 0 Å². The maximum absolute atomic E-state index is 14.4. The maximum atomic E-state index is 14.4. The first-order chi connectivity index (χ1) is 13.7. The molecule has 11 heteroatoms. The third kappa shape index (κ3) is 3.84. The van der Waals surface area contributed by atoms with Crippen molar-refractivity contribution >= 4 is 11.9 Å². The minimum atomic E-state index is -3.60. The average molecular weight is 416 g/mol. The highest BCUT2D eigenvalue weighted by Crippen LogP contribution is 2.44. The predicted octanol–water partition coefficient (Wildman–Crippen LogP) is 3.61. The van der Waals surface area contributed by atoms with Crippen LogP contribution in [0.5, 0.6) is 5.88 Å². The van der Waals surface area contributed by atoms with Crippen molar-refractivity contribution in [1.82, 2.24) is 9.88 Å². The summed E-state index contributed by atoms with van der Waals surface area (Å²) < 4.78 is 69.4. The summed E-state index contributed by atoms with van der Waals surface area (Å²) in [5.41, 5.74) is -0.337. The molecule has 154 valence electrons. The van der Waals surface area contributed by atoms with Gasteiger partial charge in [-0.1, -0.05) is 24.3 Å². The lowest BCUT2D eigenvalue weighted by atomic mass is 9.80. The van der Waals surface area contributed by atoms with E-state index in [4.69, 9.17) is 0 Å². The first-order valence-corrected chi connectivity index (χ1v) is 8.19. The largest absolute Gasteiger partial charge is 0.481 e. The van der Waals surface area contributed by atoms with Gasteiger partial charge in [-0.2, -0.15) is 8.78 Å². The summed E-state index contributed by atoms with van der Waals surface area (Å²) >= 11 is 0. The molecule has 1 aromatic heterocycles. The van der Waals surface area contributed by atoms with Crippen LogP contribution < -0.4 is 4.74 Å². The topological polar surface area (TPSA) is 79.7 Å². The molecule has 3 atom stereocenters. The van der Waals surface area contributed by atoms with E-state index in [0.29, 0.717) is 0 Å². The van der Waals surface area contributed by atoms with E-state index in [1.54, 1.807) is 0 Å². The van der Waals surface area contributed by atoms with Gasteiger partial charge in [0.1, 0.15) is 5.92 Å². The van der Waals surface area contributed by atoms with E-state index in [1.807, 2.05) is 0 Å². The van der Waals surface area contributed by atoms with E-state index in [9.17, 15) is 36.6 Å². The van der Waals surface area contributed by atoms with E-state index >= 15 is 0 Å². The monoisotopic (exact) mass is 416 g/mol. The quantitative estimate of drug-likeness (QED) is 0.575. The second kappa shape index (κ2) is 8.02. The maximum Gasteiger partial charge on any atom is 0.388 e. The first kappa shape index (κ1) is 20.5. The van der Waals surface area contributed by atoms with Crippen LogP contribution in [0.3, 0.4) is 0 Å². The zero-order valence-corrected chi connectivity index (χ0v) is 14.4. The highest BCUT2D eigenvalue weighted by Gasteiger charge is 2.49. The Balaban J connectivity index is 2.15. The van der Waals surface area contributed by atoms with Gasteiger partial charge in [-0.15, -0.1) is 0 Å². The summed E-state index contributed by atoms with van der Waals surface area (Å²) in [7, 11) is 0. The Morgan fingerprint density at radius 3 is 2.34 bits per heavy atom. The van der Waals surface area contributed by atoms with Gasteiger partial charge < -0.3 is 9.84 Å². The summed E-state index contributed by atoms with van der Waals surface area (Å²) in [6, 6.07) is 5.71. The molecule has 1 N–H and O–H groups in total. The summed E-state index contributed by atoms with van der Waals surface area (Å²) in [5, 5.41) is 9.72. The lowest BCUT2D eigenvalue weighted by molar-refractivity contribution is -0.142. The van der Waals surface area contributed by atoms with Crippen molar-refractivity contribution in [2.24, 2.45) is 0 Å². The minimum Gasteiger partial charge on any atom is -0.481 e. The molecule has 1 aliphatic heterocycles. The number of aromatic nitrogens is 1. The van der Waals surface area contributed by atoms with Gasteiger partial charge >= 0.3 is 12.6 Å². The number of amides is 1. The second-order valence-electron chi connectivity index (χ2n) is 6.08. The number of halogens is 5. The van der Waals surface area contributed by atoms with Gasteiger partial charge in [0, 0.05) is 17.8 Å². The molecule has 0 saturated carbocycles. The average Bonchev–Trinajstić information content (AvgIpc) is 2.67. The SMILES string of the molecule is O=C(O)C1c2ccccc2C(=O)N(C(F)C(F)F)C1c1ccc(OC(F)F)nc1. The van der Waals surface area contributed by atoms with Crippen LogP contribution in [0.2, 0.25) is 0 Å². The number of hydrogen-bond acceptors (Lipinski definition) is 4. The Kier molecular flexibility index (Phi) is 5.66. The Labute approximate surface area is 160 Å². The number of carboxylic acids is 1. The van der Waals surface area contributed by atoms with E-state index in [2.05, 4.69) is 9.72 Å². The second-order valence-corrected chi connectivity index (χ2v) is 6.08. The van der Waals surface area contributed by atoms with E-state index < -0.39 is 49.0 Å². The fourth-order valence-corrected chi connectivity index (χ4v) is 3.29. The summed E-state index contributed by atoms with van der Waals surface area (Å²) in [6.07, 6.45) is -5.82. The predicted molar refractivity (Wildman–Crippen MR) is 87.5 cm³/mol. The summed E-state index contributed by atoms with van der Waals surface area (Å²) in [6.45, 7) is -3.17. The number of fused-ring (bicyclic) bond motifs is 1. The standard InChI is InChI=1S/C18H13F5N2O4/c19-14(20)15(21)25-13(8-5-6-11(24-7-8)29-18(22)23)12(17(27)28)9-3-1-2-4-10(9)16(25)26/h1-7,12-15,18H,(H,27,28). The normalized spacial score (nSPS) is 20.0. The molecule has 0 spiro atoms. The molecule has 1 aliphatic rings. The number of ether oxygens (including phenoxy) is 1. The molecule has 1 aromatic carbocycles. The van der Waals surface area contributed by atoms with Crippen LogP contribution in [-0.4, -0.2) is 46.2 Å². The first-order valence-electron chi connectivity index (χ1n) is 8.19. The zero-order chi connectivity index (χ0) is 21.3. The molecular formula is C18H13F5N2O4. The van der Waals surface area contributed by atoms with Gasteiger partial charge in [-0.3, -0.25) is 14.5 Å². The molecule has 0 fully saturated rings. The number of carboxylic acid groups (broad SMARTS) is 1. The fourth-order valence-electron chi connectivity index (χ4n) is 3.29. The third-order valence-electron chi connectivity index (χ3n) is 4.43. The number of benzene rings is 1. The van der Waals surface area contributed by atoms with Crippen molar-refractivity contribution < 1.29 is 41.4 Å². The van der Waals surface area contributed by atoms with Crippen LogP contribution in [0.25, 0.3) is 0 Å². The van der Waals surface area contributed by atoms with E-state index in [0.717, 1.165) is 18.3 Å². The lowest BCUT2D eigenvalue weighted by Gasteiger charge is -2.41. The Morgan fingerprint density at radius 2 is 1.79 bits per heavy atom. The molecule has 3 unspecified atom stereocenters. The highest BCUT2D eigenvalue weighted by molar-refractivity contribution is 6.00. The van der Waals surface area contributed by atoms with Crippen LogP contribution in [0.1, 0.15) is 33.4 Å². The van der Waals surface area contributed by atoms with Gasteiger partial charge in [0.15, 0.2) is 0 Å². The van der Waals surface area contributed by atoms with Crippen molar-refractivity contribution in [3.05, 3.63) is 59.3 Å². The lowest BCUT2D eigenvalue weighted by Crippen LogP contribution is -2.50. The van der Waals surface area contributed by atoms with Crippen LogP contribution in [0, 0.1) is 0 Å². The van der Waals surface area contributed by atoms with Crippen molar-refractivity contribution in [2.45, 2.75) is 31.3 Å². The van der Waals surface area contributed by atoms with E-state index in [-0.39, 0.29) is 21.6 Å². The fraction of sp³-hybridized carbons (Fsp3) is 0.278. The van der Waals surface area contributed by atoms with Crippen LogP contribution in [0.15, 0.2) is 42.6 Å². The Hall–Kier alpha value is -3.24. The molecule has 0 bridgehead atoms. The number of nitrogens with zero attached hydrogens (tertiary/aromatic N) is 2. The minimum absolute atomic E-state index is 0.0145. The Morgan fingerprint density at radius 1 is 1.10 bits per heavy atom. The van der Waals surface area contributed by atoms with Crippen LogP contribution in [0.4, 0.5) is 22.0 Å². The molecule has 0 radical (unpaired) electrons.